The third-order valence-electron chi connectivity index (χ3n) is 5.79. The minimum absolute atomic E-state index is 0.494. The van der Waals surface area contributed by atoms with Crippen LogP contribution in [0.5, 0.6) is 0 Å². The largest absolute Gasteiger partial charge is 0.107 e. The van der Waals surface area contributed by atoms with Crippen LogP contribution in [0.1, 0.15) is 46.0 Å². The molecule has 0 bridgehead atoms. The summed E-state index contributed by atoms with van der Waals surface area (Å²) in [6, 6.07) is 4.33. The molecule has 1 aliphatic rings. The van der Waals surface area contributed by atoms with Gasteiger partial charge in [-0.25, -0.2) is 0 Å². The SMILES string of the molecule is C=C[Si](CC)(CC)CCC1([SiH](C)C)CCCC1. The molecule has 1 rings (SSSR count). The van der Waals surface area contributed by atoms with Gasteiger partial charge in [0, 0.05) is 8.80 Å². The van der Waals surface area contributed by atoms with Crippen LogP contribution in [0.4, 0.5) is 0 Å². The van der Waals surface area contributed by atoms with Crippen molar-refractivity contribution in [1.29, 1.82) is 0 Å². The van der Waals surface area contributed by atoms with Crippen LogP contribution in [0.2, 0.25) is 36.3 Å². The van der Waals surface area contributed by atoms with Gasteiger partial charge in [0.1, 0.15) is 0 Å². The second-order valence-electron chi connectivity index (χ2n) is 6.50. The Morgan fingerprint density at radius 1 is 1.18 bits per heavy atom. The molecule has 0 aliphatic heterocycles. The fourth-order valence-electron chi connectivity index (χ4n) is 3.69. The Kier molecular flexibility index (Phi) is 5.71. The summed E-state index contributed by atoms with van der Waals surface area (Å²) >= 11 is 0. The van der Waals surface area contributed by atoms with E-state index in [0.717, 1.165) is 5.04 Å². The van der Waals surface area contributed by atoms with Gasteiger partial charge in [-0.1, -0.05) is 77.2 Å². The lowest BCUT2D eigenvalue weighted by Crippen LogP contribution is -2.33. The molecule has 0 aromatic rings. The Morgan fingerprint density at radius 3 is 2.06 bits per heavy atom. The van der Waals surface area contributed by atoms with Gasteiger partial charge in [0.15, 0.2) is 0 Å². The van der Waals surface area contributed by atoms with Gasteiger partial charge in [-0.15, -0.1) is 12.3 Å². The number of rotatable bonds is 7. The van der Waals surface area contributed by atoms with Crippen molar-refractivity contribution in [1.82, 2.24) is 0 Å². The van der Waals surface area contributed by atoms with Crippen LogP contribution < -0.4 is 0 Å². The van der Waals surface area contributed by atoms with Gasteiger partial charge in [0.05, 0.1) is 8.07 Å². The summed E-state index contributed by atoms with van der Waals surface area (Å²) in [7, 11) is -1.59. The van der Waals surface area contributed by atoms with E-state index in [1.54, 1.807) is 12.8 Å². The lowest BCUT2D eigenvalue weighted by atomic mass is 10.0. The van der Waals surface area contributed by atoms with Crippen LogP contribution >= 0.6 is 0 Å². The zero-order chi connectivity index (χ0) is 12.9. The number of hydrogen-bond donors (Lipinski definition) is 0. The minimum Gasteiger partial charge on any atom is -0.107 e. The van der Waals surface area contributed by atoms with Crippen molar-refractivity contribution >= 4 is 16.9 Å². The van der Waals surface area contributed by atoms with E-state index in [4.69, 9.17) is 0 Å². The predicted molar refractivity (Wildman–Crippen MR) is 86.4 cm³/mol. The molecule has 0 amide bonds. The van der Waals surface area contributed by atoms with Gasteiger partial charge in [0.25, 0.3) is 0 Å². The van der Waals surface area contributed by atoms with E-state index in [9.17, 15) is 0 Å². The fourth-order valence-corrected chi connectivity index (χ4v) is 9.25. The van der Waals surface area contributed by atoms with Gasteiger partial charge < -0.3 is 0 Å². The molecule has 0 N–H and O–H groups in total. The highest BCUT2D eigenvalue weighted by molar-refractivity contribution is 6.84. The molecule has 0 aromatic heterocycles. The van der Waals surface area contributed by atoms with Gasteiger partial charge in [0.2, 0.25) is 0 Å². The average Bonchev–Trinajstić information content (AvgIpc) is 2.82. The molecule has 0 radical (unpaired) electrons. The third-order valence-corrected chi connectivity index (χ3v) is 14.0. The van der Waals surface area contributed by atoms with E-state index in [2.05, 4.69) is 39.2 Å². The van der Waals surface area contributed by atoms with Crippen molar-refractivity contribution in [2.24, 2.45) is 0 Å². The van der Waals surface area contributed by atoms with Crippen molar-refractivity contribution in [3.63, 3.8) is 0 Å². The van der Waals surface area contributed by atoms with E-state index in [1.165, 1.54) is 37.4 Å². The maximum Gasteiger partial charge on any atom is 0.0765 e. The van der Waals surface area contributed by atoms with Crippen LogP contribution in [-0.2, 0) is 0 Å². The average molecular weight is 269 g/mol. The minimum atomic E-state index is -1.09. The molecule has 0 heterocycles. The van der Waals surface area contributed by atoms with Gasteiger partial charge in [-0.05, 0) is 5.04 Å². The van der Waals surface area contributed by atoms with Crippen LogP contribution in [0, 0.1) is 0 Å². The second-order valence-corrected chi connectivity index (χ2v) is 15.1. The maximum absolute atomic E-state index is 4.16. The van der Waals surface area contributed by atoms with E-state index < -0.39 is 16.9 Å². The monoisotopic (exact) mass is 268 g/mol. The highest BCUT2D eigenvalue weighted by Gasteiger charge is 2.39. The normalized spacial score (nSPS) is 19.8. The molecule has 0 aromatic carbocycles. The maximum atomic E-state index is 4.16. The van der Waals surface area contributed by atoms with Crippen LogP contribution in [0.25, 0.3) is 0 Å². The van der Waals surface area contributed by atoms with E-state index in [1.807, 2.05) is 0 Å². The molecule has 0 atom stereocenters. The molecule has 2 heteroatoms. The first kappa shape index (κ1) is 15.2. The Morgan fingerprint density at radius 2 is 1.71 bits per heavy atom. The molecule has 0 saturated heterocycles. The van der Waals surface area contributed by atoms with Crippen LogP contribution in [0.15, 0.2) is 12.3 Å². The summed E-state index contributed by atoms with van der Waals surface area (Å²) in [5, 5.41) is 0.825. The summed E-state index contributed by atoms with van der Waals surface area (Å²) in [5.74, 6) is 0. The third kappa shape index (κ3) is 3.34. The molecule has 100 valence electrons. The Hall–Kier alpha value is 0.174. The first-order chi connectivity index (χ1) is 8.04. The molecular formula is C15H32Si2. The molecule has 0 nitrogen and oxygen atoms in total. The van der Waals surface area contributed by atoms with E-state index >= 15 is 0 Å². The highest BCUT2D eigenvalue weighted by atomic mass is 28.3. The zero-order valence-corrected chi connectivity index (χ0v) is 14.7. The Bertz CT molecular complexity index is 235. The Balaban J connectivity index is 2.66. The van der Waals surface area contributed by atoms with Gasteiger partial charge in [-0.2, -0.15) is 0 Å². The fraction of sp³-hybridized carbons (Fsp3) is 0.867. The highest BCUT2D eigenvalue weighted by Crippen LogP contribution is 2.52. The zero-order valence-electron chi connectivity index (χ0n) is 12.5. The molecule has 17 heavy (non-hydrogen) atoms. The van der Waals surface area contributed by atoms with Gasteiger partial charge in [-0.3, -0.25) is 0 Å². The van der Waals surface area contributed by atoms with Gasteiger partial charge >= 0.3 is 0 Å². The van der Waals surface area contributed by atoms with Crippen LogP contribution in [0.3, 0.4) is 0 Å². The first-order valence-corrected chi connectivity index (χ1v) is 13.3. The second kappa shape index (κ2) is 6.37. The number of hydrogen-bond acceptors (Lipinski definition) is 0. The summed E-state index contributed by atoms with van der Waals surface area (Å²) in [6.45, 7) is 14.1. The van der Waals surface area contributed by atoms with Crippen molar-refractivity contribution in [2.75, 3.05) is 0 Å². The molecule has 1 saturated carbocycles. The lowest BCUT2D eigenvalue weighted by Gasteiger charge is -2.36. The van der Waals surface area contributed by atoms with Crippen molar-refractivity contribution in [3.8, 4) is 0 Å². The van der Waals surface area contributed by atoms with Crippen LogP contribution in [-0.4, -0.2) is 16.9 Å². The van der Waals surface area contributed by atoms with Crippen molar-refractivity contribution < 1.29 is 0 Å². The summed E-state index contributed by atoms with van der Waals surface area (Å²) in [6.07, 6.45) is 7.65. The molecule has 0 spiro atoms. The molecule has 1 aliphatic carbocycles. The Labute approximate surface area is 112 Å². The van der Waals surface area contributed by atoms with Crippen molar-refractivity contribution in [3.05, 3.63) is 12.3 Å². The topological polar surface area (TPSA) is 0 Å². The smallest absolute Gasteiger partial charge is 0.0765 e. The first-order valence-electron chi connectivity index (χ1n) is 7.68. The molecular weight excluding hydrogens is 236 g/mol. The predicted octanol–water partition coefficient (Wildman–Crippen LogP) is 5.39. The lowest BCUT2D eigenvalue weighted by molar-refractivity contribution is 0.537. The molecule has 0 unspecified atom stereocenters. The van der Waals surface area contributed by atoms with E-state index in [-0.39, 0.29) is 0 Å². The quantitative estimate of drug-likeness (QED) is 0.543. The van der Waals surface area contributed by atoms with Crippen molar-refractivity contribution in [2.45, 2.75) is 82.2 Å². The summed E-state index contributed by atoms with van der Waals surface area (Å²) < 4.78 is 0. The van der Waals surface area contributed by atoms with E-state index in [0.29, 0.717) is 0 Å². The standard InChI is InChI=1S/C15H32Si2/c1-6-17(7-2,8-3)14-13-15(16(4)5)11-9-10-12-15/h6,16H,1,7-14H2,2-5H3. The summed E-state index contributed by atoms with van der Waals surface area (Å²) in [5.41, 5.74) is 2.39. The summed E-state index contributed by atoms with van der Waals surface area (Å²) in [4.78, 5) is 0. The molecule has 1 fully saturated rings.